The number of nitrogens with one attached hydrogen (secondary N) is 1. The molecule has 4 nitrogen and oxygen atoms in total. The minimum Gasteiger partial charge on any atom is -0.454 e. The van der Waals surface area contributed by atoms with Crippen LogP contribution >= 0.6 is 0 Å². The summed E-state index contributed by atoms with van der Waals surface area (Å²) in [6.45, 7) is 4.45. The van der Waals surface area contributed by atoms with Crippen LogP contribution in [-0.4, -0.2) is 12.7 Å². The molecule has 0 radical (unpaired) electrons. The molecule has 0 unspecified atom stereocenters. The van der Waals surface area contributed by atoms with Gasteiger partial charge in [-0.2, -0.15) is 0 Å². The van der Waals surface area contributed by atoms with Crippen molar-refractivity contribution < 1.29 is 14.3 Å². The smallest absolute Gasteiger partial charge is 0.231 e. The second-order valence-electron chi connectivity index (χ2n) is 4.80. The Bertz CT molecular complexity index is 445. The number of benzene rings is 1. The number of unbranched alkanes of at least 4 members (excludes halogenated alkanes) is 1. The highest BCUT2D eigenvalue weighted by Crippen LogP contribution is 2.34. The van der Waals surface area contributed by atoms with Crippen LogP contribution in [-0.2, 0) is 4.79 Å². The topological polar surface area (TPSA) is 47.6 Å². The number of carbonyl (C=O) groups excluding carboxylic acids is 1. The van der Waals surface area contributed by atoms with Crippen molar-refractivity contribution in [2.24, 2.45) is 5.92 Å². The first kappa shape index (κ1) is 13.7. The van der Waals surface area contributed by atoms with Crippen LogP contribution in [0.25, 0.3) is 0 Å². The van der Waals surface area contributed by atoms with Gasteiger partial charge in [0.05, 0.1) is 0 Å². The maximum Gasteiger partial charge on any atom is 0.231 e. The molecule has 0 saturated carbocycles. The lowest BCUT2D eigenvalue weighted by atomic mass is 9.98. The molecule has 1 aliphatic rings. The third kappa shape index (κ3) is 3.40. The molecule has 2 rings (SSSR count). The van der Waals surface area contributed by atoms with Crippen molar-refractivity contribution in [1.29, 1.82) is 0 Å². The van der Waals surface area contributed by atoms with E-state index < -0.39 is 0 Å². The first-order valence-electron chi connectivity index (χ1n) is 6.95. The molecule has 0 fully saturated rings. The van der Waals surface area contributed by atoms with E-state index in [1.54, 1.807) is 0 Å². The molecule has 1 N–H and O–H groups in total. The second-order valence-corrected chi connectivity index (χ2v) is 4.80. The fraction of sp³-hybridized carbons (Fsp3) is 0.533. The van der Waals surface area contributed by atoms with Gasteiger partial charge >= 0.3 is 0 Å². The van der Waals surface area contributed by atoms with Crippen molar-refractivity contribution >= 4 is 11.6 Å². The molecule has 0 spiro atoms. The molecular formula is C15H21NO3. The summed E-state index contributed by atoms with van der Waals surface area (Å²) in [6, 6.07) is 5.48. The van der Waals surface area contributed by atoms with E-state index in [-0.39, 0.29) is 18.6 Å². The van der Waals surface area contributed by atoms with Crippen LogP contribution < -0.4 is 14.8 Å². The molecule has 1 aliphatic heterocycles. The molecule has 1 amide bonds. The molecule has 1 atom stereocenters. The number of hydrogen-bond acceptors (Lipinski definition) is 3. The largest absolute Gasteiger partial charge is 0.454 e. The van der Waals surface area contributed by atoms with E-state index in [2.05, 4.69) is 19.2 Å². The van der Waals surface area contributed by atoms with Gasteiger partial charge in [-0.3, -0.25) is 4.79 Å². The lowest BCUT2D eigenvalue weighted by Gasteiger charge is -2.14. The first-order valence-corrected chi connectivity index (χ1v) is 6.95. The predicted molar refractivity (Wildman–Crippen MR) is 74.5 cm³/mol. The van der Waals surface area contributed by atoms with Gasteiger partial charge in [-0.15, -0.1) is 0 Å². The summed E-state index contributed by atoms with van der Waals surface area (Å²) >= 11 is 0. The second kappa shape index (κ2) is 6.45. The number of fused-ring (bicyclic) bond motifs is 1. The fourth-order valence-electron chi connectivity index (χ4n) is 2.19. The van der Waals surface area contributed by atoms with E-state index in [4.69, 9.17) is 9.47 Å². The monoisotopic (exact) mass is 263 g/mol. The summed E-state index contributed by atoms with van der Waals surface area (Å²) < 4.78 is 10.5. The third-order valence-corrected chi connectivity index (χ3v) is 3.41. The van der Waals surface area contributed by atoms with Gasteiger partial charge in [-0.1, -0.05) is 26.7 Å². The van der Waals surface area contributed by atoms with Crippen molar-refractivity contribution in [3.05, 3.63) is 18.2 Å². The normalized spacial score (nSPS) is 14.2. The lowest BCUT2D eigenvalue weighted by molar-refractivity contribution is -0.120. The zero-order valence-corrected chi connectivity index (χ0v) is 11.6. The van der Waals surface area contributed by atoms with Gasteiger partial charge in [-0.05, 0) is 25.0 Å². The molecule has 0 aliphatic carbocycles. The SMILES string of the molecule is CCCC[C@@H](CC)C(=O)Nc1ccc2c(c1)OCO2. The molecule has 1 aromatic rings. The molecule has 0 bridgehead atoms. The molecule has 104 valence electrons. The molecule has 0 aromatic heterocycles. The van der Waals surface area contributed by atoms with Crippen LogP contribution in [0.3, 0.4) is 0 Å². The number of anilines is 1. The van der Waals surface area contributed by atoms with Gasteiger partial charge in [0.25, 0.3) is 0 Å². The lowest BCUT2D eigenvalue weighted by Crippen LogP contribution is -2.22. The zero-order chi connectivity index (χ0) is 13.7. The third-order valence-electron chi connectivity index (χ3n) is 3.41. The summed E-state index contributed by atoms with van der Waals surface area (Å²) in [5, 5.41) is 2.96. The number of ether oxygens (including phenoxy) is 2. The highest BCUT2D eigenvalue weighted by Gasteiger charge is 2.18. The van der Waals surface area contributed by atoms with Crippen molar-refractivity contribution in [2.75, 3.05) is 12.1 Å². The summed E-state index contributed by atoms with van der Waals surface area (Å²) in [5.74, 6) is 1.61. The van der Waals surface area contributed by atoms with Crippen LogP contribution in [0, 0.1) is 5.92 Å². The maximum atomic E-state index is 12.2. The van der Waals surface area contributed by atoms with Crippen molar-refractivity contribution in [2.45, 2.75) is 39.5 Å². The van der Waals surface area contributed by atoms with Crippen LogP contribution in [0.15, 0.2) is 18.2 Å². The molecule has 4 heteroatoms. The Morgan fingerprint density at radius 1 is 1.32 bits per heavy atom. The minimum atomic E-state index is 0.0883. The molecule has 19 heavy (non-hydrogen) atoms. The number of hydrogen-bond donors (Lipinski definition) is 1. The summed E-state index contributed by atoms with van der Waals surface area (Å²) in [6.07, 6.45) is 4.03. The molecule has 0 saturated heterocycles. The van der Waals surface area contributed by atoms with E-state index in [0.29, 0.717) is 5.75 Å². The van der Waals surface area contributed by atoms with Crippen LogP contribution in [0.5, 0.6) is 11.5 Å². The van der Waals surface area contributed by atoms with Crippen LogP contribution in [0.1, 0.15) is 39.5 Å². The van der Waals surface area contributed by atoms with Gasteiger partial charge in [0, 0.05) is 17.7 Å². The fourth-order valence-corrected chi connectivity index (χ4v) is 2.19. The Labute approximate surface area is 114 Å². The van der Waals surface area contributed by atoms with Crippen LogP contribution in [0.2, 0.25) is 0 Å². The van der Waals surface area contributed by atoms with Crippen molar-refractivity contribution in [1.82, 2.24) is 0 Å². The Morgan fingerprint density at radius 3 is 2.84 bits per heavy atom. The van der Waals surface area contributed by atoms with E-state index in [1.807, 2.05) is 18.2 Å². The minimum absolute atomic E-state index is 0.0883. The van der Waals surface area contributed by atoms with Crippen molar-refractivity contribution in [3.63, 3.8) is 0 Å². The average Bonchev–Trinajstić information content (AvgIpc) is 2.87. The van der Waals surface area contributed by atoms with Gasteiger partial charge < -0.3 is 14.8 Å². The van der Waals surface area contributed by atoms with Gasteiger partial charge in [0.2, 0.25) is 12.7 Å². The first-order chi connectivity index (χ1) is 9.24. The number of rotatable bonds is 6. The highest BCUT2D eigenvalue weighted by molar-refractivity contribution is 5.92. The highest BCUT2D eigenvalue weighted by atomic mass is 16.7. The van der Waals surface area contributed by atoms with E-state index in [0.717, 1.165) is 37.1 Å². The predicted octanol–water partition coefficient (Wildman–Crippen LogP) is 3.57. The number of amides is 1. The Morgan fingerprint density at radius 2 is 2.11 bits per heavy atom. The van der Waals surface area contributed by atoms with E-state index in [1.165, 1.54) is 0 Å². The van der Waals surface area contributed by atoms with Gasteiger partial charge in [0.1, 0.15) is 0 Å². The quantitative estimate of drug-likeness (QED) is 0.853. The van der Waals surface area contributed by atoms with E-state index >= 15 is 0 Å². The van der Waals surface area contributed by atoms with Crippen molar-refractivity contribution in [3.8, 4) is 11.5 Å². The number of carbonyl (C=O) groups is 1. The Hall–Kier alpha value is -1.71. The Balaban J connectivity index is 1.97. The van der Waals surface area contributed by atoms with E-state index in [9.17, 15) is 4.79 Å². The summed E-state index contributed by atoms with van der Waals surface area (Å²) in [5.41, 5.74) is 0.768. The standard InChI is InChI=1S/C15H21NO3/c1-3-5-6-11(4-2)15(17)16-12-7-8-13-14(9-12)19-10-18-13/h7-9,11H,3-6,10H2,1-2H3,(H,16,17)/t11-/m1/s1. The van der Waals surface area contributed by atoms with Gasteiger partial charge in [0.15, 0.2) is 11.5 Å². The molecule has 1 heterocycles. The summed E-state index contributed by atoms with van der Waals surface area (Å²) in [7, 11) is 0. The Kier molecular flexibility index (Phi) is 4.66. The van der Waals surface area contributed by atoms with Crippen LogP contribution in [0.4, 0.5) is 5.69 Å². The zero-order valence-electron chi connectivity index (χ0n) is 11.6. The summed E-state index contributed by atoms with van der Waals surface area (Å²) in [4.78, 5) is 12.2. The maximum absolute atomic E-state index is 12.2. The van der Waals surface area contributed by atoms with Gasteiger partial charge in [-0.25, -0.2) is 0 Å². The molecular weight excluding hydrogens is 242 g/mol. The average molecular weight is 263 g/mol. The molecule has 1 aromatic carbocycles.